The molecule has 6 heteroatoms. The van der Waals surface area contributed by atoms with Gasteiger partial charge in [0.2, 0.25) is 0 Å². The summed E-state index contributed by atoms with van der Waals surface area (Å²) in [4.78, 5) is 24.5. The summed E-state index contributed by atoms with van der Waals surface area (Å²) in [5.41, 5.74) is 5.47. The van der Waals surface area contributed by atoms with E-state index >= 15 is 0 Å². The van der Waals surface area contributed by atoms with Crippen LogP contribution in [0.1, 0.15) is 17.3 Å². The highest BCUT2D eigenvalue weighted by Crippen LogP contribution is 2.31. The topological polar surface area (TPSA) is 63.4 Å². The number of benzene rings is 1. The molecule has 0 bridgehead atoms. The molecule has 1 amide bonds. The van der Waals surface area contributed by atoms with E-state index in [4.69, 9.17) is 5.73 Å². The molecular formula is C12H12F2N2O2. The molecule has 0 fully saturated rings. The molecular weight excluding hydrogens is 242 g/mol. The first kappa shape index (κ1) is 12.6. The highest BCUT2D eigenvalue weighted by molar-refractivity contribution is 6.52. The summed E-state index contributed by atoms with van der Waals surface area (Å²) in [5.74, 6) is -3.84. The van der Waals surface area contributed by atoms with E-state index in [9.17, 15) is 18.4 Å². The number of Topliss-reactive ketones (excluding diaryl/α,β-unsaturated/α-hetero) is 1. The molecule has 0 spiro atoms. The van der Waals surface area contributed by atoms with Gasteiger partial charge >= 0.3 is 0 Å². The van der Waals surface area contributed by atoms with Crippen molar-refractivity contribution in [2.75, 3.05) is 18.0 Å². The number of carbonyl (C=O) groups is 2. The minimum atomic E-state index is -1.14. The van der Waals surface area contributed by atoms with Gasteiger partial charge in [-0.05, 0) is 18.5 Å². The van der Waals surface area contributed by atoms with Gasteiger partial charge in [0.05, 0.1) is 11.3 Å². The highest BCUT2D eigenvalue weighted by atomic mass is 19.2. The molecule has 1 aliphatic heterocycles. The second kappa shape index (κ2) is 4.45. The zero-order valence-corrected chi connectivity index (χ0v) is 9.74. The van der Waals surface area contributed by atoms with Gasteiger partial charge < -0.3 is 10.6 Å². The molecule has 1 aliphatic rings. The fraction of sp³-hybridized carbons (Fsp3) is 0.333. The monoisotopic (exact) mass is 254 g/mol. The predicted molar refractivity (Wildman–Crippen MR) is 61.3 cm³/mol. The Hall–Kier alpha value is -1.82. The first-order chi connectivity index (χ1) is 8.45. The lowest BCUT2D eigenvalue weighted by Gasteiger charge is -2.20. The molecule has 4 nitrogen and oxygen atoms in total. The van der Waals surface area contributed by atoms with Gasteiger partial charge in [-0.25, -0.2) is 8.78 Å². The van der Waals surface area contributed by atoms with E-state index in [1.807, 2.05) is 0 Å². The zero-order chi connectivity index (χ0) is 13.4. The SMILES string of the molecule is CC(CN)CN1C(=O)C(=O)c2cc(F)c(F)cc21. The Bertz CT molecular complexity index is 531. The summed E-state index contributed by atoms with van der Waals surface area (Å²) < 4.78 is 26.2. The fourth-order valence-corrected chi connectivity index (χ4v) is 1.86. The Labute approximate surface area is 102 Å². The molecule has 2 N–H and O–H groups in total. The molecule has 0 saturated carbocycles. The van der Waals surface area contributed by atoms with Gasteiger partial charge in [-0.1, -0.05) is 6.92 Å². The molecule has 1 aromatic carbocycles. The molecule has 0 aliphatic carbocycles. The average molecular weight is 254 g/mol. The van der Waals surface area contributed by atoms with Crippen molar-refractivity contribution in [1.82, 2.24) is 0 Å². The number of nitrogens with two attached hydrogens (primary N) is 1. The molecule has 2 rings (SSSR count). The fourth-order valence-electron chi connectivity index (χ4n) is 1.86. The van der Waals surface area contributed by atoms with Crippen molar-refractivity contribution >= 4 is 17.4 Å². The van der Waals surface area contributed by atoms with Crippen LogP contribution in [-0.2, 0) is 4.79 Å². The van der Waals surface area contributed by atoms with Crippen molar-refractivity contribution in [1.29, 1.82) is 0 Å². The molecule has 0 saturated heterocycles. The lowest BCUT2D eigenvalue weighted by Crippen LogP contribution is -2.35. The Balaban J connectivity index is 2.45. The number of amides is 1. The summed E-state index contributed by atoms with van der Waals surface area (Å²) in [6.07, 6.45) is 0. The Morgan fingerprint density at radius 1 is 1.28 bits per heavy atom. The van der Waals surface area contributed by atoms with Crippen molar-refractivity contribution in [3.63, 3.8) is 0 Å². The summed E-state index contributed by atoms with van der Waals surface area (Å²) in [7, 11) is 0. The zero-order valence-electron chi connectivity index (χ0n) is 9.74. The quantitative estimate of drug-likeness (QED) is 0.821. The standard InChI is InChI=1S/C12H12F2N2O2/c1-6(4-15)5-16-10-3-9(14)8(13)2-7(10)11(17)12(16)18/h2-3,6H,4-5,15H2,1H3. The predicted octanol–water partition coefficient (Wildman–Crippen LogP) is 1.09. The van der Waals surface area contributed by atoms with Gasteiger partial charge in [-0.15, -0.1) is 0 Å². The number of ketones is 1. The van der Waals surface area contributed by atoms with Crippen LogP contribution in [0.25, 0.3) is 0 Å². The van der Waals surface area contributed by atoms with E-state index in [0.717, 1.165) is 17.0 Å². The summed E-state index contributed by atoms with van der Waals surface area (Å²) in [5, 5.41) is 0. The van der Waals surface area contributed by atoms with Crippen LogP contribution in [0.15, 0.2) is 12.1 Å². The summed E-state index contributed by atoms with van der Waals surface area (Å²) >= 11 is 0. The van der Waals surface area contributed by atoms with Crippen LogP contribution in [0.3, 0.4) is 0 Å². The van der Waals surface area contributed by atoms with Gasteiger partial charge in [0.15, 0.2) is 11.6 Å². The molecule has 1 heterocycles. The van der Waals surface area contributed by atoms with E-state index < -0.39 is 23.3 Å². The van der Waals surface area contributed by atoms with Crippen LogP contribution in [0.5, 0.6) is 0 Å². The number of hydrogen-bond acceptors (Lipinski definition) is 3. The second-order valence-electron chi connectivity index (χ2n) is 4.37. The molecule has 0 aromatic heterocycles. The van der Waals surface area contributed by atoms with Gasteiger partial charge in [0, 0.05) is 12.6 Å². The van der Waals surface area contributed by atoms with E-state index in [-0.39, 0.29) is 23.7 Å². The number of nitrogens with zero attached hydrogens (tertiary/aromatic N) is 1. The highest BCUT2D eigenvalue weighted by Gasteiger charge is 2.37. The average Bonchev–Trinajstić information content (AvgIpc) is 2.56. The molecule has 0 radical (unpaired) electrons. The van der Waals surface area contributed by atoms with E-state index in [1.54, 1.807) is 6.92 Å². The third-order valence-electron chi connectivity index (χ3n) is 2.91. The van der Waals surface area contributed by atoms with Crippen LogP contribution in [-0.4, -0.2) is 24.8 Å². The smallest absolute Gasteiger partial charge is 0.299 e. The maximum absolute atomic E-state index is 13.2. The molecule has 1 aromatic rings. The van der Waals surface area contributed by atoms with Crippen LogP contribution in [0, 0.1) is 17.6 Å². The molecule has 96 valence electrons. The number of anilines is 1. The first-order valence-corrected chi connectivity index (χ1v) is 5.51. The molecule has 1 unspecified atom stereocenters. The van der Waals surface area contributed by atoms with Gasteiger partial charge in [0.1, 0.15) is 0 Å². The Morgan fingerprint density at radius 2 is 1.89 bits per heavy atom. The van der Waals surface area contributed by atoms with E-state index in [2.05, 4.69) is 0 Å². The lowest BCUT2D eigenvalue weighted by molar-refractivity contribution is -0.114. The lowest BCUT2D eigenvalue weighted by atomic mass is 10.1. The molecule has 18 heavy (non-hydrogen) atoms. The first-order valence-electron chi connectivity index (χ1n) is 5.51. The van der Waals surface area contributed by atoms with Crippen LogP contribution < -0.4 is 10.6 Å². The maximum atomic E-state index is 13.2. The van der Waals surface area contributed by atoms with Gasteiger partial charge in [-0.3, -0.25) is 9.59 Å². The van der Waals surface area contributed by atoms with Gasteiger partial charge in [0.25, 0.3) is 11.7 Å². The number of hydrogen-bond donors (Lipinski definition) is 1. The van der Waals surface area contributed by atoms with Crippen LogP contribution in [0.4, 0.5) is 14.5 Å². The van der Waals surface area contributed by atoms with Crippen molar-refractivity contribution in [2.45, 2.75) is 6.92 Å². The number of halogens is 2. The van der Waals surface area contributed by atoms with Crippen LogP contribution >= 0.6 is 0 Å². The summed E-state index contributed by atoms with van der Waals surface area (Å²) in [6, 6.07) is 1.63. The van der Waals surface area contributed by atoms with Crippen molar-refractivity contribution in [2.24, 2.45) is 11.7 Å². The van der Waals surface area contributed by atoms with Crippen molar-refractivity contribution in [3.8, 4) is 0 Å². The molecule has 1 atom stereocenters. The minimum Gasteiger partial charge on any atom is -0.330 e. The van der Waals surface area contributed by atoms with Crippen molar-refractivity contribution in [3.05, 3.63) is 29.3 Å². The maximum Gasteiger partial charge on any atom is 0.299 e. The van der Waals surface area contributed by atoms with Gasteiger partial charge in [-0.2, -0.15) is 0 Å². The minimum absolute atomic E-state index is 0.0409. The van der Waals surface area contributed by atoms with E-state index in [1.165, 1.54) is 0 Å². The third kappa shape index (κ3) is 1.88. The normalized spacial score (nSPS) is 16.1. The van der Waals surface area contributed by atoms with Crippen molar-refractivity contribution < 1.29 is 18.4 Å². The Kier molecular flexibility index (Phi) is 3.13. The third-order valence-corrected chi connectivity index (χ3v) is 2.91. The number of fused-ring (bicyclic) bond motifs is 1. The largest absolute Gasteiger partial charge is 0.330 e. The second-order valence-corrected chi connectivity index (χ2v) is 4.37. The van der Waals surface area contributed by atoms with E-state index in [0.29, 0.717) is 6.54 Å². The number of rotatable bonds is 3. The Morgan fingerprint density at radius 3 is 2.50 bits per heavy atom. The summed E-state index contributed by atoms with van der Waals surface area (Å²) in [6.45, 7) is 2.34. The number of carbonyl (C=O) groups excluding carboxylic acids is 2. The van der Waals surface area contributed by atoms with Crippen LogP contribution in [0.2, 0.25) is 0 Å².